The number of aliphatic hydroxyl groups is 1. The van der Waals surface area contributed by atoms with Crippen LogP contribution in [0.2, 0.25) is 0 Å². The molecule has 2 saturated heterocycles. The minimum absolute atomic E-state index is 0. The summed E-state index contributed by atoms with van der Waals surface area (Å²) in [5.41, 5.74) is 0. The van der Waals surface area contributed by atoms with Gasteiger partial charge in [0.05, 0.1) is 12.1 Å². The second-order valence-electron chi connectivity index (χ2n) is 6.27. The Morgan fingerprint density at radius 3 is 2.79 bits per heavy atom. The minimum atomic E-state index is -0.352. The lowest BCUT2D eigenvalue weighted by Gasteiger charge is -2.35. The van der Waals surface area contributed by atoms with E-state index in [4.69, 9.17) is 0 Å². The summed E-state index contributed by atoms with van der Waals surface area (Å²) in [7, 11) is 0. The van der Waals surface area contributed by atoms with Crippen LogP contribution in [0.1, 0.15) is 39.5 Å². The molecule has 0 spiro atoms. The van der Waals surface area contributed by atoms with Crippen molar-refractivity contribution in [2.24, 2.45) is 11.8 Å². The van der Waals surface area contributed by atoms with E-state index >= 15 is 0 Å². The van der Waals surface area contributed by atoms with E-state index in [1.807, 2.05) is 4.90 Å². The average Bonchev–Trinajstić information content (AvgIpc) is 2.74. The number of hydrogen-bond acceptors (Lipinski definition) is 3. The molecule has 0 aromatic rings. The highest BCUT2D eigenvalue weighted by Gasteiger charge is 2.33. The van der Waals surface area contributed by atoms with Gasteiger partial charge >= 0.3 is 0 Å². The summed E-state index contributed by atoms with van der Waals surface area (Å²) in [5, 5.41) is 12.6. The van der Waals surface area contributed by atoms with Crippen molar-refractivity contribution < 1.29 is 9.90 Å². The third-order valence-corrected chi connectivity index (χ3v) is 4.04. The number of amides is 1. The molecule has 0 aromatic carbocycles. The highest BCUT2D eigenvalue weighted by atomic mass is 35.5. The topological polar surface area (TPSA) is 52.6 Å². The van der Waals surface area contributed by atoms with Gasteiger partial charge in [-0.3, -0.25) is 4.79 Å². The minimum Gasteiger partial charge on any atom is -0.392 e. The zero-order valence-electron chi connectivity index (χ0n) is 12.0. The molecule has 3 unspecified atom stereocenters. The van der Waals surface area contributed by atoms with Crippen LogP contribution in [0.25, 0.3) is 0 Å². The van der Waals surface area contributed by atoms with Gasteiger partial charge in [0.2, 0.25) is 5.91 Å². The summed E-state index contributed by atoms with van der Waals surface area (Å²) in [5.74, 6) is 1.56. The number of carbonyl (C=O) groups excluding carboxylic acids is 1. The molecule has 0 saturated carbocycles. The van der Waals surface area contributed by atoms with Gasteiger partial charge in [-0.2, -0.15) is 0 Å². The first-order valence-corrected chi connectivity index (χ1v) is 7.26. The Balaban J connectivity index is 0.00000180. The number of rotatable bonds is 3. The quantitative estimate of drug-likeness (QED) is 0.826. The lowest BCUT2D eigenvalue weighted by molar-refractivity contribution is -0.135. The van der Waals surface area contributed by atoms with Crippen LogP contribution in [-0.2, 0) is 4.79 Å². The van der Waals surface area contributed by atoms with Gasteiger partial charge < -0.3 is 15.3 Å². The molecule has 19 heavy (non-hydrogen) atoms. The Hall–Kier alpha value is -0.320. The van der Waals surface area contributed by atoms with Crippen LogP contribution >= 0.6 is 12.4 Å². The maximum absolute atomic E-state index is 12.3. The molecule has 3 atom stereocenters. The maximum atomic E-state index is 12.3. The van der Waals surface area contributed by atoms with Gasteiger partial charge in [0.25, 0.3) is 0 Å². The summed E-state index contributed by atoms with van der Waals surface area (Å²) in [6.07, 6.45) is 3.81. The van der Waals surface area contributed by atoms with Crippen LogP contribution < -0.4 is 5.32 Å². The van der Waals surface area contributed by atoms with Gasteiger partial charge in [0, 0.05) is 19.6 Å². The van der Waals surface area contributed by atoms with Crippen LogP contribution in [0.4, 0.5) is 0 Å². The number of nitrogens with one attached hydrogen (secondary N) is 1. The van der Waals surface area contributed by atoms with Gasteiger partial charge in [0.15, 0.2) is 0 Å². The smallest absolute Gasteiger partial charge is 0.239 e. The van der Waals surface area contributed by atoms with E-state index in [-0.39, 0.29) is 30.5 Å². The van der Waals surface area contributed by atoms with E-state index in [2.05, 4.69) is 19.2 Å². The van der Waals surface area contributed by atoms with Crippen molar-refractivity contribution in [3.05, 3.63) is 0 Å². The fourth-order valence-corrected chi connectivity index (χ4v) is 3.25. The molecule has 2 rings (SSSR count). The summed E-state index contributed by atoms with van der Waals surface area (Å²) < 4.78 is 0. The van der Waals surface area contributed by atoms with E-state index in [9.17, 15) is 9.90 Å². The normalized spacial score (nSPS) is 31.4. The molecule has 2 N–H and O–H groups in total. The molecule has 0 aromatic heterocycles. The van der Waals surface area contributed by atoms with Crippen molar-refractivity contribution in [1.82, 2.24) is 10.2 Å². The summed E-state index contributed by atoms with van der Waals surface area (Å²) in [4.78, 5) is 14.3. The fourth-order valence-electron chi connectivity index (χ4n) is 3.25. The molecule has 2 aliphatic heterocycles. The van der Waals surface area contributed by atoms with E-state index in [0.29, 0.717) is 24.8 Å². The Labute approximate surface area is 122 Å². The maximum Gasteiger partial charge on any atom is 0.239 e. The SMILES string of the molecule is CC(C)CC1CCCN(C(=O)C2CC(O)CN2)C1.Cl. The van der Waals surface area contributed by atoms with Crippen LogP contribution in [-0.4, -0.2) is 47.7 Å². The first-order valence-electron chi connectivity index (χ1n) is 7.26. The predicted octanol–water partition coefficient (Wildman–Crippen LogP) is 1.42. The predicted molar refractivity (Wildman–Crippen MR) is 78.4 cm³/mol. The zero-order chi connectivity index (χ0) is 13.1. The lowest BCUT2D eigenvalue weighted by Crippen LogP contribution is -2.48. The van der Waals surface area contributed by atoms with E-state index < -0.39 is 0 Å². The van der Waals surface area contributed by atoms with Crippen LogP contribution in [0.15, 0.2) is 0 Å². The summed E-state index contributed by atoms with van der Waals surface area (Å²) in [6, 6.07) is -0.155. The second kappa shape index (κ2) is 7.46. The van der Waals surface area contributed by atoms with Gasteiger partial charge in [-0.25, -0.2) is 0 Å². The fraction of sp³-hybridized carbons (Fsp3) is 0.929. The molecule has 0 radical (unpaired) electrons. The second-order valence-corrected chi connectivity index (χ2v) is 6.27. The molecule has 2 aliphatic rings. The van der Waals surface area contributed by atoms with Crippen LogP contribution in [0.5, 0.6) is 0 Å². The molecule has 0 bridgehead atoms. The third kappa shape index (κ3) is 4.62. The number of nitrogens with zero attached hydrogens (tertiary/aromatic N) is 1. The molecule has 112 valence electrons. The summed E-state index contributed by atoms with van der Waals surface area (Å²) >= 11 is 0. The number of carbonyl (C=O) groups is 1. The van der Waals surface area contributed by atoms with Crippen molar-refractivity contribution in [1.29, 1.82) is 0 Å². The average molecular weight is 291 g/mol. The van der Waals surface area contributed by atoms with E-state index in [1.165, 1.54) is 12.8 Å². The lowest BCUT2D eigenvalue weighted by atomic mass is 9.89. The van der Waals surface area contributed by atoms with Gasteiger partial charge in [-0.1, -0.05) is 13.8 Å². The van der Waals surface area contributed by atoms with Crippen LogP contribution in [0.3, 0.4) is 0 Å². The number of halogens is 1. The van der Waals surface area contributed by atoms with E-state index in [0.717, 1.165) is 19.5 Å². The Bertz CT molecular complexity index is 299. The number of likely N-dealkylation sites (tertiary alicyclic amines) is 1. The van der Waals surface area contributed by atoms with Crippen LogP contribution in [0, 0.1) is 11.8 Å². The van der Waals surface area contributed by atoms with Crippen molar-refractivity contribution in [3.8, 4) is 0 Å². The number of hydrogen-bond donors (Lipinski definition) is 2. The van der Waals surface area contributed by atoms with Crippen molar-refractivity contribution >= 4 is 18.3 Å². The molecule has 2 heterocycles. The highest BCUT2D eigenvalue weighted by molar-refractivity contribution is 5.85. The third-order valence-electron chi connectivity index (χ3n) is 4.04. The Morgan fingerprint density at radius 1 is 1.47 bits per heavy atom. The monoisotopic (exact) mass is 290 g/mol. The highest BCUT2D eigenvalue weighted by Crippen LogP contribution is 2.24. The number of β-amino-alcohol motifs (C(OH)–C–C–N with tert-alkyl or cyclic N) is 1. The van der Waals surface area contributed by atoms with Crippen molar-refractivity contribution in [2.45, 2.75) is 51.7 Å². The number of aliphatic hydroxyl groups excluding tert-OH is 1. The molecular formula is C14H27ClN2O2. The Morgan fingerprint density at radius 2 is 2.21 bits per heavy atom. The standard InChI is InChI=1S/C14H26N2O2.ClH/c1-10(2)6-11-4-3-5-16(9-11)14(18)13-7-12(17)8-15-13;/h10-13,15,17H,3-9H2,1-2H3;1H. The first kappa shape index (κ1) is 16.7. The Kier molecular flexibility index (Phi) is 6.57. The van der Waals surface area contributed by atoms with Gasteiger partial charge in [0.1, 0.15) is 0 Å². The molecular weight excluding hydrogens is 264 g/mol. The van der Waals surface area contributed by atoms with Gasteiger partial charge in [-0.05, 0) is 37.5 Å². The molecule has 0 aliphatic carbocycles. The molecule has 4 nitrogen and oxygen atoms in total. The zero-order valence-corrected chi connectivity index (χ0v) is 12.8. The first-order chi connectivity index (χ1) is 8.56. The summed E-state index contributed by atoms with van der Waals surface area (Å²) in [6.45, 7) is 6.85. The number of piperidine rings is 1. The molecule has 1 amide bonds. The molecule has 5 heteroatoms. The van der Waals surface area contributed by atoms with E-state index in [1.54, 1.807) is 0 Å². The van der Waals surface area contributed by atoms with Crippen molar-refractivity contribution in [3.63, 3.8) is 0 Å². The molecule has 2 fully saturated rings. The van der Waals surface area contributed by atoms with Crippen molar-refractivity contribution in [2.75, 3.05) is 19.6 Å². The largest absolute Gasteiger partial charge is 0.392 e. The van der Waals surface area contributed by atoms with Gasteiger partial charge in [-0.15, -0.1) is 12.4 Å².